The molecule has 136 valence electrons. The molecule has 2 atom stereocenters. The third-order valence-corrected chi connectivity index (χ3v) is 5.53. The first kappa shape index (κ1) is 18.6. The van der Waals surface area contributed by atoms with Crippen molar-refractivity contribution in [2.75, 3.05) is 0 Å². The maximum absolute atomic E-state index is 4.99. The predicted octanol–water partition coefficient (Wildman–Crippen LogP) is 7.14. The Morgan fingerprint density at radius 3 is 2.38 bits per heavy atom. The molecule has 1 aromatic heterocycles. The number of nitrogens with zero attached hydrogens (tertiary/aromatic N) is 1. The number of rotatable bonds is 4. The van der Waals surface area contributed by atoms with Crippen LogP contribution >= 0.6 is 0 Å². The summed E-state index contributed by atoms with van der Waals surface area (Å²) in [5, 5.41) is 1.21. The van der Waals surface area contributed by atoms with Crippen LogP contribution in [0.2, 0.25) is 0 Å². The zero-order valence-electron chi connectivity index (χ0n) is 17.0. The number of hydrogen-bond donors (Lipinski definition) is 0. The van der Waals surface area contributed by atoms with Gasteiger partial charge in [-0.15, -0.1) is 0 Å². The van der Waals surface area contributed by atoms with Crippen molar-refractivity contribution < 1.29 is 0 Å². The van der Waals surface area contributed by atoms with Gasteiger partial charge in [0, 0.05) is 17.0 Å². The normalized spacial score (nSPS) is 14.4. The highest BCUT2D eigenvalue weighted by molar-refractivity contribution is 5.78. The first-order chi connectivity index (χ1) is 12.3. The molecule has 2 aromatic carbocycles. The van der Waals surface area contributed by atoms with Crippen LogP contribution < -0.4 is 0 Å². The standard InChI is InChI=1S/C25H31N/c1-7-22(24-13-12-19-10-8-9-11-23(19)26-24)18(3)20-14-17(2)15-21(16-20)25(4,5)6/h8-16,18,22H,7H2,1-6H3/t18-,22+/m1/s1. The van der Waals surface area contributed by atoms with Crippen LogP contribution in [0.5, 0.6) is 0 Å². The first-order valence-electron chi connectivity index (χ1n) is 9.77. The van der Waals surface area contributed by atoms with E-state index in [2.05, 4.69) is 96.1 Å². The summed E-state index contributed by atoms with van der Waals surface area (Å²) in [6, 6.07) is 19.9. The van der Waals surface area contributed by atoms with Crippen molar-refractivity contribution in [3.63, 3.8) is 0 Å². The topological polar surface area (TPSA) is 12.9 Å². The van der Waals surface area contributed by atoms with Crippen LogP contribution in [0.25, 0.3) is 10.9 Å². The number of para-hydroxylation sites is 1. The second-order valence-corrected chi connectivity index (χ2v) is 8.61. The molecule has 0 radical (unpaired) electrons. The highest BCUT2D eigenvalue weighted by atomic mass is 14.7. The van der Waals surface area contributed by atoms with Gasteiger partial charge in [-0.25, -0.2) is 0 Å². The fraction of sp³-hybridized carbons (Fsp3) is 0.400. The van der Waals surface area contributed by atoms with E-state index >= 15 is 0 Å². The van der Waals surface area contributed by atoms with E-state index < -0.39 is 0 Å². The molecular weight excluding hydrogens is 314 g/mol. The zero-order chi connectivity index (χ0) is 18.9. The molecule has 0 bridgehead atoms. The van der Waals surface area contributed by atoms with Crippen molar-refractivity contribution in [2.24, 2.45) is 0 Å². The van der Waals surface area contributed by atoms with Crippen LogP contribution in [-0.4, -0.2) is 4.98 Å². The summed E-state index contributed by atoms with van der Waals surface area (Å²) in [4.78, 5) is 4.99. The lowest BCUT2D eigenvalue weighted by Gasteiger charge is -2.26. The quantitative estimate of drug-likeness (QED) is 0.490. The molecule has 0 spiro atoms. The van der Waals surface area contributed by atoms with Crippen LogP contribution in [0.4, 0.5) is 0 Å². The lowest BCUT2D eigenvalue weighted by molar-refractivity contribution is 0.542. The summed E-state index contributed by atoms with van der Waals surface area (Å²) in [7, 11) is 0. The minimum absolute atomic E-state index is 0.170. The fourth-order valence-electron chi connectivity index (χ4n) is 3.85. The smallest absolute Gasteiger partial charge is 0.0705 e. The molecule has 1 heterocycles. The van der Waals surface area contributed by atoms with Gasteiger partial charge >= 0.3 is 0 Å². The summed E-state index contributed by atoms with van der Waals surface area (Å²) in [6.07, 6.45) is 1.09. The van der Waals surface area contributed by atoms with Crippen LogP contribution in [0.3, 0.4) is 0 Å². The molecule has 3 rings (SSSR count). The van der Waals surface area contributed by atoms with E-state index in [1.807, 2.05) is 0 Å². The molecule has 0 aliphatic carbocycles. The molecule has 0 saturated carbocycles. The van der Waals surface area contributed by atoms with Gasteiger partial charge in [-0.2, -0.15) is 0 Å². The molecule has 0 unspecified atom stereocenters. The van der Waals surface area contributed by atoms with Gasteiger partial charge in [-0.1, -0.05) is 82.6 Å². The molecule has 26 heavy (non-hydrogen) atoms. The van der Waals surface area contributed by atoms with Gasteiger partial charge in [0.05, 0.1) is 5.52 Å². The van der Waals surface area contributed by atoms with Gasteiger partial charge in [0.2, 0.25) is 0 Å². The summed E-state index contributed by atoms with van der Waals surface area (Å²) in [5.74, 6) is 0.865. The zero-order valence-corrected chi connectivity index (χ0v) is 17.0. The van der Waals surface area contributed by atoms with Gasteiger partial charge in [0.25, 0.3) is 0 Å². The van der Waals surface area contributed by atoms with Gasteiger partial charge < -0.3 is 0 Å². The summed E-state index contributed by atoms with van der Waals surface area (Å²) in [6.45, 7) is 13.7. The third-order valence-electron chi connectivity index (χ3n) is 5.53. The fourth-order valence-corrected chi connectivity index (χ4v) is 3.85. The maximum atomic E-state index is 4.99. The van der Waals surface area contributed by atoms with Crippen molar-refractivity contribution in [3.05, 3.63) is 77.0 Å². The molecule has 0 saturated heterocycles. The molecule has 1 nitrogen and oxygen atoms in total. The molecular formula is C25H31N. The Morgan fingerprint density at radius 1 is 0.962 bits per heavy atom. The Balaban J connectivity index is 2.00. The van der Waals surface area contributed by atoms with E-state index in [0.29, 0.717) is 11.8 Å². The van der Waals surface area contributed by atoms with Crippen molar-refractivity contribution in [2.45, 2.75) is 65.2 Å². The number of fused-ring (bicyclic) bond motifs is 1. The van der Waals surface area contributed by atoms with Crippen LogP contribution in [0, 0.1) is 6.92 Å². The van der Waals surface area contributed by atoms with Crippen molar-refractivity contribution >= 4 is 10.9 Å². The van der Waals surface area contributed by atoms with Crippen molar-refractivity contribution in [1.82, 2.24) is 4.98 Å². The minimum Gasteiger partial charge on any atom is -0.253 e. The van der Waals surface area contributed by atoms with E-state index in [9.17, 15) is 0 Å². The first-order valence-corrected chi connectivity index (χ1v) is 9.77. The average Bonchev–Trinajstić information content (AvgIpc) is 2.61. The third kappa shape index (κ3) is 3.82. The molecule has 0 aliphatic heterocycles. The molecule has 0 aliphatic rings. The van der Waals surface area contributed by atoms with Gasteiger partial charge in [-0.05, 0) is 47.9 Å². The predicted molar refractivity (Wildman–Crippen MR) is 113 cm³/mol. The van der Waals surface area contributed by atoms with Crippen LogP contribution in [0.15, 0.2) is 54.6 Å². The SMILES string of the molecule is CC[C@H](c1ccc2ccccc2n1)[C@H](C)c1cc(C)cc(C(C)(C)C)c1. The number of hydrogen-bond acceptors (Lipinski definition) is 1. The van der Waals surface area contributed by atoms with Gasteiger partial charge in [-0.3, -0.25) is 4.98 Å². The number of aromatic nitrogens is 1. The highest BCUT2D eigenvalue weighted by Gasteiger charge is 2.23. The lowest BCUT2D eigenvalue weighted by Crippen LogP contribution is -2.14. The lowest BCUT2D eigenvalue weighted by atomic mass is 9.79. The van der Waals surface area contributed by atoms with E-state index in [-0.39, 0.29) is 5.41 Å². The number of aryl methyl sites for hydroxylation is 1. The highest BCUT2D eigenvalue weighted by Crippen LogP contribution is 2.37. The molecule has 3 aromatic rings. The molecule has 0 amide bonds. The van der Waals surface area contributed by atoms with Crippen molar-refractivity contribution in [3.8, 4) is 0 Å². The average molecular weight is 346 g/mol. The Labute approximate surface area is 158 Å². The minimum atomic E-state index is 0.170. The number of benzene rings is 2. The van der Waals surface area contributed by atoms with Crippen molar-refractivity contribution in [1.29, 1.82) is 0 Å². The summed E-state index contributed by atoms with van der Waals surface area (Å²) < 4.78 is 0. The second-order valence-electron chi connectivity index (χ2n) is 8.61. The molecule has 0 N–H and O–H groups in total. The monoisotopic (exact) mass is 345 g/mol. The van der Waals surface area contributed by atoms with E-state index in [4.69, 9.17) is 4.98 Å². The molecule has 1 heteroatoms. The van der Waals surface area contributed by atoms with E-state index in [1.54, 1.807) is 0 Å². The summed E-state index contributed by atoms with van der Waals surface area (Å²) in [5.41, 5.74) is 6.66. The van der Waals surface area contributed by atoms with E-state index in [0.717, 1.165) is 11.9 Å². The Kier molecular flexibility index (Phi) is 5.18. The largest absolute Gasteiger partial charge is 0.253 e. The second kappa shape index (κ2) is 7.23. The summed E-state index contributed by atoms with van der Waals surface area (Å²) >= 11 is 0. The Bertz CT molecular complexity index is 901. The van der Waals surface area contributed by atoms with Gasteiger partial charge in [0.15, 0.2) is 0 Å². The molecule has 0 fully saturated rings. The maximum Gasteiger partial charge on any atom is 0.0705 e. The van der Waals surface area contributed by atoms with Crippen LogP contribution in [0.1, 0.15) is 75.3 Å². The van der Waals surface area contributed by atoms with E-state index in [1.165, 1.54) is 27.8 Å². The Morgan fingerprint density at radius 2 is 1.69 bits per heavy atom. The number of pyridine rings is 1. The Hall–Kier alpha value is -2.15. The van der Waals surface area contributed by atoms with Gasteiger partial charge in [0.1, 0.15) is 0 Å². The van der Waals surface area contributed by atoms with Crippen LogP contribution in [-0.2, 0) is 5.41 Å².